The second-order valence-corrected chi connectivity index (χ2v) is 7.36. The quantitative estimate of drug-likeness (QED) is 0.559. The van der Waals surface area contributed by atoms with Gasteiger partial charge in [-0.05, 0) is 48.4 Å². The highest BCUT2D eigenvalue weighted by Crippen LogP contribution is 2.23. The molecule has 0 fully saturated rings. The third-order valence-electron chi connectivity index (χ3n) is 4.57. The molecule has 0 aliphatic heterocycles. The van der Waals surface area contributed by atoms with Crippen LogP contribution in [0.2, 0.25) is 0 Å². The van der Waals surface area contributed by atoms with E-state index in [1.54, 1.807) is 31.2 Å². The van der Waals surface area contributed by atoms with Gasteiger partial charge >= 0.3 is 0 Å². The Bertz CT molecular complexity index is 998. The fourth-order valence-electron chi connectivity index (χ4n) is 2.82. The molecule has 3 rings (SSSR count). The van der Waals surface area contributed by atoms with Crippen molar-refractivity contribution >= 4 is 23.2 Å². The van der Waals surface area contributed by atoms with Gasteiger partial charge in [0.2, 0.25) is 5.91 Å². The molecule has 0 bridgehead atoms. The number of amides is 2. The molecule has 3 aromatic carbocycles. The number of rotatable bonds is 7. The van der Waals surface area contributed by atoms with Gasteiger partial charge in [-0.3, -0.25) is 9.59 Å². The van der Waals surface area contributed by atoms with Crippen molar-refractivity contribution in [2.24, 2.45) is 5.92 Å². The standard InChI is InChI=1S/C25H26N2O3/c1-17(2)24(28)26-21-10-7-11-22(16-21)27-25(29)18(3)30-23-14-12-20(13-15-23)19-8-5-4-6-9-19/h4-18H,1-3H3,(H,26,28)(H,27,29). The maximum Gasteiger partial charge on any atom is 0.265 e. The van der Waals surface area contributed by atoms with Gasteiger partial charge in [0, 0.05) is 17.3 Å². The van der Waals surface area contributed by atoms with Gasteiger partial charge in [-0.2, -0.15) is 0 Å². The highest BCUT2D eigenvalue weighted by atomic mass is 16.5. The lowest BCUT2D eigenvalue weighted by Gasteiger charge is -2.16. The Morgan fingerprint density at radius 1 is 0.700 bits per heavy atom. The molecule has 0 saturated heterocycles. The number of hydrogen-bond acceptors (Lipinski definition) is 3. The lowest BCUT2D eigenvalue weighted by atomic mass is 10.1. The van der Waals surface area contributed by atoms with Crippen LogP contribution in [0.5, 0.6) is 5.75 Å². The molecule has 154 valence electrons. The maximum atomic E-state index is 12.5. The zero-order chi connectivity index (χ0) is 21.5. The van der Waals surface area contributed by atoms with Gasteiger partial charge < -0.3 is 15.4 Å². The Morgan fingerprint density at radius 3 is 1.87 bits per heavy atom. The highest BCUT2D eigenvalue weighted by Gasteiger charge is 2.15. The first-order valence-electron chi connectivity index (χ1n) is 9.96. The topological polar surface area (TPSA) is 67.4 Å². The third kappa shape index (κ3) is 5.70. The first-order valence-corrected chi connectivity index (χ1v) is 9.96. The van der Waals surface area contributed by atoms with Crippen molar-refractivity contribution in [2.45, 2.75) is 26.9 Å². The molecule has 2 N–H and O–H groups in total. The van der Waals surface area contributed by atoms with Crippen molar-refractivity contribution in [2.75, 3.05) is 10.6 Å². The molecule has 0 aromatic heterocycles. The number of hydrogen-bond donors (Lipinski definition) is 2. The molecule has 0 aliphatic carbocycles. The van der Waals surface area contributed by atoms with Crippen LogP contribution in [0.3, 0.4) is 0 Å². The number of anilines is 2. The SMILES string of the molecule is CC(C)C(=O)Nc1cccc(NC(=O)C(C)Oc2ccc(-c3ccccc3)cc2)c1. The number of nitrogens with one attached hydrogen (secondary N) is 2. The Balaban J connectivity index is 1.59. The molecule has 30 heavy (non-hydrogen) atoms. The van der Waals surface area contributed by atoms with Gasteiger partial charge in [-0.15, -0.1) is 0 Å². The van der Waals surface area contributed by atoms with Crippen molar-refractivity contribution in [1.29, 1.82) is 0 Å². The second-order valence-electron chi connectivity index (χ2n) is 7.36. The first kappa shape index (κ1) is 21.1. The monoisotopic (exact) mass is 402 g/mol. The molecule has 5 heteroatoms. The Kier molecular flexibility index (Phi) is 6.86. The summed E-state index contributed by atoms with van der Waals surface area (Å²) in [6.45, 7) is 5.35. The van der Waals surface area contributed by atoms with E-state index in [2.05, 4.69) is 10.6 Å². The Labute approximate surface area is 177 Å². The fourth-order valence-corrected chi connectivity index (χ4v) is 2.82. The van der Waals surface area contributed by atoms with Gasteiger partial charge in [0.25, 0.3) is 5.91 Å². The smallest absolute Gasteiger partial charge is 0.265 e. The number of carbonyl (C=O) groups is 2. The highest BCUT2D eigenvalue weighted by molar-refractivity contribution is 5.96. The molecule has 0 radical (unpaired) electrons. The van der Waals surface area contributed by atoms with E-state index in [4.69, 9.17) is 4.74 Å². The molecule has 1 unspecified atom stereocenters. The largest absolute Gasteiger partial charge is 0.481 e. The average Bonchev–Trinajstić information content (AvgIpc) is 2.75. The summed E-state index contributed by atoms with van der Waals surface area (Å²) in [6.07, 6.45) is -0.679. The fraction of sp³-hybridized carbons (Fsp3) is 0.200. The van der Waals surface area contributed by atoms with Crippen molar-refractivity contribution in [3.63, 3.8) is 0 Å². The van der Waals surface area contributed by atoms with Crippen LogP contribution in [0.25, 0.3) is 11.1 Å². The first-order chi connectivity index (χ1) is 14.4. The molecule has 5 nitrogen and oxygen atoms in total. The van der Waals surface area contributed by atoms with Crippen LogP contribution < -0.4 is 15.4 Å². The van der Waals surface area contributed by atoms with E-state index in [-0.39, 0.29) is 17.7 Å². The van der Waals surface area contributed by atoms with Gasteiger partial charge in [0.05, 0.1) is 0 Å². The molecule has 0 saturated carbocycles. The van der Waals surface area contributed by atoms with Gasteiger partial charge in [0.15, 0.2) is 6.10 Å². The molecule has 0 heterocycles. The maximum absolute atomic E-state index is 12.5. The summed E-state index contributed by atoms with van der Waals surface area (Å²) in [5.41, 5.74) is 3.44. The van der Waals surface area contributed by atoms with Gasteiger partial charge in [-0.25, -0.2) is 0 Å². The van der Waals surface area contributed by atoms with Crippen LogP contribution in [0.4, 0.5) is 11.4 Å². The van der Waals surface area contributed by atoms with Crippen LogP contribution in [-0.4, -0.2) is 17.9 Å². The molecule has 0 aliphatic rings. The number of ether oxygens (including phenoxy) is 1. The number of benzene rings is 3. The number of carbonyl (C=O) groups excluding carboxylic acids is 2. The normalized spacial score (nSPS) is 11.6. The summed E-state index contributed by atoms with van der Waals surface area (Å²) in [6, 6.07) is 24.8. The predicted octanol–water partition coefficient (Wildman–Crippen LogP) is 5.35. The molecular weight excluding hydrogens is 376 g/mol. The molecule has 3 aromatic rings. The third-order valence-corrected chi connectivity index (χ3v) is 4.57. The van der Waals surface area contributed by atoms with E-state index >= 15 is 0 Å². The van der Waals surface area contributed by atoms with Crippen molar-refractivity contribution < 1.29 is 14.3 Å². The summed E-state index contributed by atoms with van der Waals surface area (Å²) >= 11 is 0. The van der Waals surface area contributed by atoms with Crippen LogP contribution >= 0.6 is 0 Å². The minimum absolute atomic E-state index is 0.0749. The van der Waals surface area contributed by atoms with Crippen molar-refractivity contribution in [3.8, 4) is 16.9 Å². The second kappa shape index (κ2) is 9.74. The minimum Gasteiger partial charge on any atom is -0.481 e. The molecule has 0 spiro atoms. The van der Waals surface area contributed by atoms with Crippen LogP contribution in [-0.2, 0) is 9.59 Å². The van der Waals surface area contributed by atoms with Crippen LogP contribution in [0.15, 0.2) is 78.9 Å². The summed E-state index contributed by atoms with van der Waals surface area (Å²) in [5.74, 6) is 0.156. The van der Waals surface area contributed by atoms with Crippen molar-refractivity contribution in [1.82, 2.24) is 0 Å². The summed E-state index contributed by atoms with van der Waals surface area (Å²) in [5, 5.41) is 5.65. The van der Waals surface area contributed by atoms with Crippen LogP contribution in [0.1, 0.15) is 20.8 Å². The van der Waals surface area contributed by atoms with E-state index in [1.165, 1.54) is 0 Å². The molecule has 2 amide bonds. The van der Waals surface area contributed by atoms with E-state index in [0.29, 0.717) is 17.1 Å². The molecule has 1 atom stereocenters. The Hall–Kier alpha value is -3.60. The van der Waals surface area contributed by atoms with E-state index in [9.17, 15) is 9.59 Å². The summed E-state index contributed by atoms with van der Waals surface area (Å²) in [7, 11) is 0. The van der Waals surface area contributed by atoms with Gasteiger partial charge in [0.1, 0.15) is 5.75 Å². The lowest BCUT2D eigenvalue weighted by Crippen LogP contribution is -2.30. The minimum atomic E-state index is -0.679. The predicted molar refractivity (Wildman–Crippen MR) is 121 cm³/mol. The zero-order valence-corrected chi connectivity index (χ0v) is 17.4. The lowest BCUT2D eigenvalue weighted by molar-refractivity contribution is -0.122. The molecular formula is C25H26N2O3. The zero-order valence-electron chi connectivity index (χ0n) is 17.4. The van der Waals surface area contributed by atoms with E-state index in [0.717, 1.165) is 11.1 Å². The van der Waals surface area contributed by atoms with Crippen LogP contribution in [0, 0.1) is 5.92 Å². The summed E-state index contributed by atoms with van der Waals surface area (Å²) in [4.78, 5) is 24.4. The van der Waals surface area contributed by atoms with E-state index in [1.807, 2.05) is 68.4 Å². The van der Waals surface area contributed by atoms with Crippen molar-refractivity contribution in [3.05, 3.63) is 78.9 Å². The Morgan fingerprint density at radius 2 is 1.27 bits per heavy atom. The van der Waals surface area contributed by atoms with Gasteiger partial charge in [-0.1, -0.05) is 62.4 Å². The summed E-state index contributed by atoms with van der Waals surface area (Å²) < 4.78 is 5.78. The average molecular weight is 402 g/mol. The van der Waals surface area contributed by atoms with E-state index < -0.39 is 6.10 Å².